The van der Waals surface area contributed by atoms with E-state index < -0.39 is 5.97 Å². The highest BCUT2D eigenvalue weighted by molar-refractivity contribution is 5.85. The fourth-order valence-electron chi connectivity index (χ4n) is 1.09. The second-order valence-corrected chi connectivity index (χ2v) is 3.02. The summed E-state index contributed by atoms with van der Waals surface area (Å²) in [5.74, 6) is -0.374. The standard InChI is InChI=1S/C9H12N2O2.ClH/c1-6(4-9(12)13)7-2-3-8(10)11-5-7;/h2-3,5-6H,4H2,1H3,(H2,10,11)(H,12,13);1H. The van der Waals surface area contributed by atoms with Crippen LogP contribution in [-0.2, 0) is 4.79 Å². The lowest BCUT2D eigenvalue weighted by molar-refractivity contribution is -0.137. The summed E-state index contributed by atoms with van der Waals surface area (Å²) in [4.78, 5) is 14.3. The fraction of sp³-hybridized carbons (Fsp3) is 0.333. The molecule has 1 unspecified atom stereocenters. The molecule has 1 rings (SSSR count). The van der Waals surface area contributed by atoms with Crippen LogP contribution < -0.4 is 5.73 Å². The number of pyridine rings is 1. The molecule has 14 heavy (non-hydrogen) atoms. The van der Waals surface area contributed by atoms with Crippen LogP contribution in [0.4, 0.5) is 5.82 Å². The van der Waals surface area contributed by atoms with Gasteiger partial charge in [0.05, 0.1) is 6.42 Å². The van der Waals surface area contributed by atoms with E-state index in [0.717, 1.165) is 5.56 Å². The normalized spacial score (nSPS) is 11.5. The molecule has 0 aromatic carbocycles. The van der Waals surface area contributed by atoms with Crippen molar-refractivity contribution in [3.05, 3.63) is 23.9 Å². The van der Waals surface area contributed by atoms with Crippen molar-refractivity contribution < 1.29 is 9.90 Å². The maximum absolute atomic E-state index is 10.4. The van der Waals surface area contributed by atoms with Crippen LogP contribution >= 0.6 is 12.4 Å². The largest absolute Gasteiger partial charge is 0.481 e. The van der Waals surface area contributed by atoms with Crippen LogP contribution in [0.1, 0.15) is 24.8 Å². The van der Waals surface area contributed by atoms with Gasteiger partial charge < -0.3 is 10.8 Å². The van der Waals surface area contributed by atoms with E-state index in [2.05, 4.69) is 4.98 Å². The molecular formula is C9H13ClN2O2. The van der Waals surface area contributed by atoms with Crippen LogP contribution in [0.5, 0.6) is 0 Å². The topological polar surface area (TPSA) is 76.2 Å². The van der Waals surface area contributed by atoms with Crippen molar-refractivity contribution in [2.75, 3.05) is 5.73 Å². The van der Waals surface area contributed by atoms with Crippen LogP contribution in [0.25, 0.3) is 0 Å². The van der Waals surface area contributed by atoms with Gasteiger partial charge in [0, 0.05) is 6.20 Å². The number of carboxylic acid groups (broad SMARTS) is 1. The molecule has 0 aliphatic heterocycles. The van der Waals surface area contributed by atoms with Gasteiger partial charge >= 0.3 is 5.97 Å². The van der Waals surface area contributed by atoms with Crippen LogP contribution in [0.2, 0.25) is 0 Å². The Balaban J connectivity index is 0.00000169. The number of hydrogen-bond acceptors (Lipinski definition) is 3. The summed E-state index contributed by atoms with van der Waals surface area (Å²) in [5, 5.41) is 8.55. The molecular weight excluding hydrogens is 204 g/mol. The van der Waals surface area contributed by atoms with Crippen molar-refractivity contribution in [3.63, 3.8) is 0 Å². The van der Waals surface area contributed by atoms with E-state index in [1.165, 1.54) is 0 Å². The van der Waals surface area contributed by atoms with Crippen molar-refractivity contribution in [3.8, 4) is 0 Å². The highest BCUT2D eigenvalue weighted by Crippen LogP contribution is 2.18. The van der Waals surface area contributed by atoms with Gasteiger partial charge in [0.15, 0.2) is 0 Å². The van der Waals surface area contributed by atoms with Gasteiger partial charge in [0.25, 0.3) is 0 Å². The monoisotopic (exact) mass is 216 g/mol. The van der Waals surface area contributed by atoms with Gasteiger partial charge in [-0.2, -0.15) is 0 Å². The third-order valence-electron chi connectivity index (χ3n) is 1.86. The molecule has 0 aliphatic carbocycles. The number of anilines is 1. The molecule has 0 fully saturated rings. The zero-order valence-electron chi connectivity index (χ0n) is 7.80. The lowest BCUT2D eigenvalue weighted by atomic mass is 10.00. The molecule has 3 N–H and O–H groups in total. The van der Waals surface area contributed by atoms with E-state index in [0.29, 0.717) is 5.82 Å². The molecule has 1 heterocycles. The molecule has 1 atom stereocenters. The average molecular weight is 217 g/mol. The van der Waals surface area contributed by atoms with E-state index >= 15 is 0 Å². The van der Waals surface area contributed by atoms with Crippen molar-refractivity contribution in [1.29, 1.82) is 0 Å². The van der Waals surface area contributed by atoms with Gasteiger partial charge in [0.1, 0.15) is 5.82 Å². The first-order valence-electron chi connectivity index (χ1n) is 4.03. The Morgan fingerprint density at radius 1 is 1.64 bits per heavy atom. The van der Waals surface area contributed by atoms with Crippen LogP contribution in [-0.4, -0.2) is 16.1 Å². The minimum Gasteiger partial charge on any atom is -0.481 e. The van der Waals surface area contributed by atoms with Crippen molar-refractivity contribution >= 4 is 24.2 Å². The third-order valence-corrected chi connectivity index (χ3v) is 1.86. The van der Waals surface area contributed by atoms with E-state index in [9.17, 15) is 4.79 Å². The summed E-state index contributed by atoms with van der Waals surface area (Å²) in [6, 6.07) is 3.48. The Kier molecular flexibility index (Phi) is 4.94. The molecule has 5 heteroatoms. The number of aromatic nitrogens is 1. The number of carbonyl (C=O) groups is 1. The summed E-state index contributed by atoms with van der Waals surface area (Å²) in [5.41, 5.74) is 6.30. The van der Waals surface area contributed by atoms with Crippen LogP contribution in [0, 0.1) is 0 Å². The van der Waals surface area contributed by atoms with Crippen molar-refractivity contribution in [2.45, 2.75) is 19.3 Å². The number of carboxylic acids is 1. The molecule has 0 saturated carbocycles. The first-order valence-corrected chi connectivity index (χ1v) is 4.03. The van der Waals surface area contributed by atoms with Crippen molar-refractivity contribution in [1.82, 2.24) is 4.98 Å². The van der Waals surface area contributed by atoms with Gasteiger partial charge in [-0.25, -0.2) is 4.98 Å². The smallest absolute Gasteiger partial charge is 0.303 e. The van der Waals surface area contributed by atoms with Crippen LogP contribution in [0.15, 0.2) is 18.3 Å². The zero-order valence-corrected chi connectivity index (χ0v) is 8.62. The minimum atomic E-state index is -0.802. The number of aliphatic carboxylic acids is 1. The molecule has 0 radical (unpaired) electrons. The van der Waals surface area contributed by atoms with Gasteiger partial charge in [0.2, 0.25) is 0 Å². The Morgan fingerprint density at radius 3 is 2.71 bits per heavy atom. The molecule has 0 aliphatic rings. The average Bonchev–Trinajstić information content (AvgIpc) is 2.04. The third kappa shape index (κ3) is 3.62. The highest BCUT2D eigenvalue weighted by Gasteiger charge is 2.09. The van der Waals surface area contributed by atoms with Gasteiger partial charge in [-0.15, -0.1) is 12.4 Å². The molecule has 0 saturated heterocycles. The Morgan fingerprint density at radius 2 is 2.29 bits per heavy atom. The number of nitrogens with zero attached hydrogens (tertiary/aromatic N) is 1. The SMILES string of the molecule is CC(CC(=O)O)c1ccc(N)nc1.Cl. The first-order chi connectivity index (χ1) is 6.09. The van der Waals surface area contributed by atoms with E-state index in [1.54, 1.807) is 18.3 Å². The van der Waals surface area contributed by atoms with Gasteiger partial charge in [-0.1, -0.05) is 13.0 Å². The van der Waals surface area contributed by atoms with Gasteiger partial charge in [-0.05, 0) is 17.5 Å². The van der Waals surface area contributed by atoms with Crippen LogP contribution in [0.3, 0.4) is 0 Å². The van der Waals surface area contributed by atoms with Crippen molar-refractivity contribution in [2.24, 2.45) is 0 Å². The number of halogens is 1. The lowest BCUT2D eigenvalue weighted by Crippen LogP contribution is -2.03. The molecule has 1 aromatic rings. The van der Waals surface area contributed by atoms with E-state index in [-0.39, 0.29) is 24.7 Å². The van der Waals surface area contributed by atoms with E-state index in [1.807, 2.05) is 6.92 Å². The zero-order chi connectivity index (χ0) is 9.84. The molecule has 0 amide bonds. The lowest BCUT2D eigenvalue weighted by Gasteiger charge is -2.07. The maximum atomic E-state index is 10.4. The predicted molar refractivity (Wildman–Crippen MR) is 56.6 cm³/mol. The Hall–Kier alpha value is -1.29. The second kappa shape index (κ2) is 5.44. The first kappa shape index (κ1) is 12.7. The Bertz CT molecular complexity index is 300. The number of nitrogen functional groups attached to an aromatic ring is 1. The number of hydrogen-bond donors (Lipinski definition) is 2. The number of rotatable bonds is 3. The number of nitrogens with two attached hydrogens (primary N) is 1. The summed E-state index contributed by atoms with van der Waals surface area (Å²) < 4.78 is 0. The summed E-state index contributed by atoms with van der Waals surface area (Å²) in [6.07, 6.45) is 1.73. The maximum Gasteiger partial charge on any atom is 0.303 e. The molecule has 4 nitrogen and oxygen atoms in total. The van der Waals surface area contributed by atoms with E-state index in [4.69, 9.17) is 10.8 Å². The van der Waals surface area contributed by atoms with Gasteiger partial charge in [-0.3, -0.25) is 4.79 Å². The Labute approximate surface area is 88.6 Å². The molecule has 78 valence electrons. The summed E-state index contributed by atoms with van der Waals surface area (Å²) in [7, 11) is 0. The predicted octanol–water partition coefficient (Wildman–Crippen LogP) is 1.66. The fourth-order valence-corrected chi connectivity index (χ4v) is 1.09. The summed E-state index contributed by atoms with van der Waals surface area (Å²) >= 11 is 0. The quantitative estimate of drug-likeness (QED) is 0.806. The summed E-state index contributed by atoms with van der Waals surface area (Å²) in [6.45, 7) is 1.85. The minimum absolute atomic E-state index is 0. The highest BCUT2D eigenvalue weighted by atomic mass is 35.5. The molecule has 1 aromatic heterocycles. The molecule has 0 bridgehead atoms. The second-order valence-electron chi connectivity index (χ2n) is 3.02. The molecule has 0 spiro atoms.